The number of rotatable bonds is 4. The molecule has 4 aromatic carbocycles. The smallest absolute Gasteiger partial charge is 0.511 e. The maximum atomic E-state index is 10.2. The van der Waals surface area contributed by atoms with Crippen LogP contribution in [0.2, 0.25) is 0 Å². The van der Waals surface area contributed by atoms with Crippen LogP contribution in [0.5, 0.6) is 5.75 Å². The van der Waals surface area contributed by atoms with Crippen molar-refractivity contribution in [2.45, 2.75) is 26.2 Å². The van der Waals surface area contributed by atoms with Crippen molar-refractivity contribution in [2.75, 3.05) is 0 Å². The summed E-state index contributed by atoms with van der Waals surface area (Å²) in [4.78, 5) is 5.19. The molecule has 0 saturated heterocycles. The van der Waals surface area contributed by atoms with Crippen LogP contribution in [0.4, 0.5) is 0 Å². The van der Waals surface area contributed by atoms with Gasteiger partial charge in [-0.3, -0.25) is 9.13 Å². The Morgan fingerprint density at radius 3 is 2.34 bits per heavy atom. The SMILES string of the molecule is CC(C)(C)c1nc2c(-c3[c-]c(-n4[c-][n+](-c5ccccc5O)cc4)ccc3)cccc2n1-c1ccccc1.[Pt+2]. The van der Waals surface area contributed by atoms with Crippen LogP contribution < -0.4 is 4.57 Å². The minimum atomic E-state index is -0.144. The fourth-order valence-electron chi connectivity index (χ4n) is 4.66. The van der Waals surface area contributed by atoms with Crippen molar-refractivity contribution in [3.8, 4) is 33.9 Å². The van der Waals surface area contributed by atoms with Crippen molar-refractivity contribution in [2.24, 2.45) is 0 Å². The van der Waals surface area contributed by atoms with E-state index >= 15 is 0 Å². The van der Waals surface area contributed by atoms with Crippen molar-refractivity contribution < 1.29 is 30.7 Å². The molecule has 0 amide bonds. The average molecular weight is 679 g/mol. The van der Waals surface area contributed by atoms with Crippen LogP contribution in [-0.2, 0) is 26.5 Å². The molecule has 5 nitrogen and oxygen atoms in total. The molecule has 0 aliphatic rings. The third kappa shape index (κ3) is 4.59. The Bertz CT molecular complexity index is 1730. The third-order valence-electron chi connectivity index (χ3n) is 6.42. The molecular formula is C32H27N4OPt+. The van der Waals surface area contributed by atoms with Crippen LogP contribution in [0.3, 0.4) is 0 Å². The fraction of sp³-hybridized carbons (Fsp3) is 0.125. The largest absolute Gasteiger partial charge is 2.00 e. The Hall–Kier alpha value is -3.95. The number of aromatic nitrogens is 4. The van der Waals surface area contributed by atoms with Gasteiger partial charge < -0.3 is 9.67 Å². The quantitative estimate of drug-likeness (QED) is 0.174. The Labute approximate surface area is 236 Å². The average Bonchev–Trinajstić information content (AvgIpc) is 3.55. The first-order chi connectivity index (χ1) is 17.9. The molecule has 0 fully saturated rings. The molecule has 6 rings (SSSR count). The van der Waals surface area contributed by atoms with Gasteiger partial charge in [0.15, 0.2) is 0 Å². The number of para-hydroxylation sites is 4. The van der Waals surface area contributed by atoms with E-state index in [1.165, 1.54) is 0 Å². The van der Waals surface area contributed by atoms with Crippen LogP contribution in [0.1, 0.15) is 26.6 Å². The zero-order valence-electron chi connectivity index (χ0n) is 21.4. The molecule has 6 aromatic rings. The van der Waals surface area contributed by atoms with Crippen molar-refractivity contribution in [3.63, 3.8) is 0 Å². The van der Waals surface area contributed by atoms with Gasteiger partial charge in [0.05, 0.1) is 11.0 Å². The van der Waals surface area contributed by atoms with Gasteiger partial charge in [-0.1, -0.05) is 68.8 Å². The van der Waals surface area contributed by atoms with Gasteiger partial charge in [-0.25, -0.2) is 4.98 Å². The summed E-state index contributed by atoms with van der Waals surface area (Å²) in [5.41, 5.74) is 6.47. The second-order valence-corrected chi connectivity index (χ2v) is 10.1. The predicted octanol–water partition coefficient (Wildman–Crippen LogP) is 6.36. The molecule has 6 heteroatoms. The maximum Gasteiger partial charge on any atom is 2.00 e. The topological polar surface area (TPSA) is 46.9 Å². The first kappa shape index (κ1) is 25.7. The number of hydrogen-bond donors (Lipinski definition) is 1. The van der Waals surface area contributed by atoms with E-state index in [9.17, 15) is 5.11 Å². The van der Waals surface area contributed by atoms with Gasteiger partial charge in [0, 0.05) is 23.5 Å². The summed E-state index contributed by atoms with van der Waals surface area (Å²) in [6.45, 7) is 6.59. The molecule has 38 heavy (non-hydrogen) atoms. The van der Waals surface area contributed by atoms with Gasteiger partial charge in [-0.05, 0) is 36.0 Å². The van der Waals surface area contributed by atoms with Crippen LogP contribution >= 0.6 is 0 Å². The van der Waals surface area contributed by atoms with Crippen LogP contribution in [-0.4, -0.2) is 19.2 Å². The third-order valence-corrected chi connectivity index (χ3v) is 6.42. The summed E-state index contributed by atoms with van der Waals surface area (Å²) < 4.78 is 5.91. The summed E-state index contributed by atoms with van der Waals surface area (Å²) in [7, 11) is 0. The number of phenolic OH excluding ortho intramolecular Hbond substituents is 1. The first-order valence-electron chi connectivity index (χ1n) is 12.3. The molecule has 0 spiro atoms. The monoisotopic (exact) mass is 678 g/mol. The number of nitrogens with zero attached hydrogens (tertiary/aromatic N) is 4. The van der Waals surface area contributed by atoms with Gasteiger partial charge in [0.1, 0.15) is 17.3 Å². The van der Waals surface area contributed by atoms with E-state index in [4.69, 9.17) is 4.98 Å². The summed E-state index contributed by atoms with van der Waals surface area (Å²) in [6.07, 6.45) is 7.06. The van der Waals surface area contributed by atoms with E-state index in [1.54, 1.807) is 16.7 Å². The molecule has 0 radical (unpaired) electrons. The molecular weight excluding hydrogens is 651 g/mol. The standard InChI is InChI=1S/C32H27N4O.Pt/c1-32(2,3)31-33-30-26(15-10-17-28(30)36(31)24-12-5-4-6-13-24)23-11-9-14-25(21-23)34-19-20-35(22-34)27-16-7-8-18-29(27)37;/h4-20,37H,1-3H3;/q-1;+2. The van der Waals surface area contributed by atoms with Gasteiger partial charge in [-0.2, -0.15) is 0 Å². The van der Waals surface area contributed by atoms with Crippen molar-refractivity contribution in [1.29, 1.82) is 0 Å². The number of hydrogen-bond acceptors (Lipinski definition) is 2. The minimum absolute atomic E-state index is 0. The van der Waals surface area contributed by atoms with Crippen molar-refractivity contribution in [1.82, 2.24) is 14.1 Å². The zero-order valence-corrected chi connectivity index (χ0v) is 23.6. The fourth-order valence-corrected chi connectivity index (χ4v) is 4.66. The van der Waals surface area contributed by atoms with Gasteiger partial charge in [-0.15, -0.1) is 29.8 Å². The Balaban J connectivity index is 0.00000294. The number of phenols is 1. The number of aromatic hydroxyl groups is 1. The molecule has 0 saturated carbocycles. The van der Waals surface area contributed by atoms with E-state index in [2.05, 4.69) is 86.3 Å². The van der Waals surface area contributed by atoms with E-state index < -0.39 is 0 Å². The molecule has 0 aliphatic heterocycles. The number of imidazole rings is 2. The second-order valence-electron chi connectivity index (χ2n) is 10.1. The number of benzene rings is 4. The van der Waals surface area contributed by atoms with Gasteiger partial charge >= 0.3 is 21.1 Å². The number of fused-ring (bicyclic) bond motifs is 1. The molecule has 0 unspecified atom stereocenters. The Morgan fingerprint density at radius 1 is 0.842 bits per heavy atom. The molecule has 0 aliphatic carbocycles. The minimum Gasteiger partial charge on any atom is -0.511 e. The maximum absolute atomic E-state index is 10.2. The summed E-state index contributed by atoms with van der Waals surface area (Å²) in [5.74, 6) is 1.22. The Kier molecular flexibility index (Phi) is 6.81. The van der Waals surface area contributed by atoms with Crippen LogP contribution in [0, 0.1) is 12.4 Å². The van der Waals surface area contributed by atoms with E-state index in [0.717, 1.165) is 39.4 Å². The molecule has 2 heterocycles. The summed E-state index contributed by atoms with van der Waals surface area (Å²) >= 11 is 0. The molecule has 0 bridgehead atoms. The molecule has 1 N–H and O–H groups in total. The van der Waals surface area contributed by atoms with Crippen LogP contribution in [0.15, 0.2) is 103 Å². The normalized spacial score (nSPS) is 11.4. The van der Waals surface area contributed by atoms with Crippen molar-refractivity contribution >= 4 is 11.0 Å². The van der Waals surface area contributed by atoms with E-state index in [-0.39, 0.29) is 32.2 Å². The van der Waals surface area contributed by atoms with Crippen LogP contribution in [0.25, 0.3) is 39.2 Å². The molecule has 0 atom stereocenters. The van der Waals surface area contributed by atoms with Gasteiger partial charge in [0.2, 0.25) is 0 Å². The first-order valence-corrected chi connectivity index (χ1v) is 12.3. The van der Waals surface area contributed by atoms with E-state index in [1.807, 2.05) is 47.3 Å². The Morgan fingerprint density at radius 2 is 1.58 bits per heavy atom. The summed E-state index contributed by atoms with van der Waals surface area (Å²) in [6, 6.07) is 33.6. The zero-order chi connectivity index (χ0) is 25.6. The molecule has 190 valence electrons. The summed E-state index contributed by atoms with van der Waals surface area (Å²) in [5, 5.41) is 10.2. The second kappa shape index (κ2) is 10.1. The molecule has 2 aromatic heterocycles. The van der Waals surface area contributed by atoms with Crippen molar-refractivity contribution in [3.05, 3.63) is 122 Å². The predicted molar refractivity (Wildman–Crippen MR) is 145 cm³/mol. The van der Waals surface area contributed by atoms with Gasteiger partial charge in [0.25, 0.3) is 6.33 Å². The van der Waals surface area contributed by atoms with E-state index in [0.29, 0.717) is 5.69 Å².